The second-order valence-corrected chi connectivity index (χ2v) is 3.01. The molecule has 0 bridgehead atoms. The number of halogens is 3. The van der Waals surface area contributed by atoms with Crippen LogP contribution in [0.3, 0.4) is 0 Å². The molecule has 12 heavy (non-hydrogen) atoms. The number of alkyl halides is 3. The minimum absolute atomic E-state index is 0.268. The fraction of sp³-hybridized carbons (Fsp3) is 1.00. The van der Waals surface area contributed by atoms with Gasteiger partial charge in [0.05, 0.1) is 18.7 Å². The van der Waals surface area contributed by atoms with E-state index in [1.54, 1.807) is 0 Å². The predicted octanol–water partition coefficient (Wildman–Crippen LogP) is -0.527. The average molecular weight is 184 g/mol. The van der Waals surface area contributed by atoms with E-state index in [0.717, 1.165) is 0 Å². The summed E-state index contributed by atoms with van der Waals surface area (Å²) in [5.74, 6) is 0. The molecule has 1 rings (SSSR count). The molecule has 0 radical (unpaired) electrons. The van der Waals surface area contributed by atoms with Gasteiger partial charge in [-0.2, -0.15) is 13.2 Å². The average Bonchev–Trinajstić information content (AvgIpc) is 1.84. The molecule has 0 saturated carbocycles. The van der Waals surface area contributed by atoms with Crippen LogP contribution in [0.5, 0.6) is 0 Å². The Hall–Kier alpha value is -0.330. The van der Waals surface area contributed by atoms with Crippen molar-refractivity contribution in [3.8, 4) is 0 Å². The first-order valence-electron chi connectivity index (χ1n) is 3.61. The van der Waals surface area contributed by atoms with Crippen molar-refractivity contribution < 1.29 is 18.3 Å². The first-order chi connectivity index (χ1) is 5.47. The molecule has 0 aliphatic carbocycles. The Bertz CT molecular complexity index is 150. The minimum Gasteiger partial charge on any atom is -0.394 e. The van der Waals surface area contributed by atoms with Gasteiger partial charge in [-0.3, -0.25) is 5.32 Å². The van der Waals surface area contributed by atoms with E-state index < -0.39 is 18.3 Å². The Balaban J connectivity index is 2.30. The van der Waals surface area contributed by atoms with Gasteiger partial charge in [0.15, 0.2) is 0 Å². The first kappa shape index (κ1) is 9.76. The van der Waals surface area contributed by atoms with E-state index in [2.05, 4.69) is 10.6 Å². The van der Waals surface area contributed by atoms with Crippen molar-refractivity contribution in [2.45, 2.75) is 11.7 Å². The summed E-state index contributed by atoms with van der Waals surface area (Å²) < 4.78 is 35.2. The van der Waals surface area contributed by atoms with Crippen LogP contribution in [-0.4, -0.2) is 43.1 Å². The molecule has 3 nitrogen and oxygen atoms in total. The quantitative estimate of drug-likeness (QED) is 0.552. The number of aliphatic hydroxyl groups excluding tert-OH is 1. The van der Waals surface area contributed by atoms with Gasteiger partial charge in [0.1, 0.15) is 0 Å². The standard InChI is InChI=1S/C6H11F3N2O/c7-6(8,9)3-11-5(4-12)1-10-2-5/h10-12H,1-4H2. The van der Waals surface area contributed by atoms with Gasteiger partial charge in [0.25, 0.3) is 0 Å². The monoisotopic (exact) mass is 184 g/mol. The molecule has 0 atom stereocenters. The SMILES string of the molecule is OCC1(NCC(F)(F)F)CNC1. The third kappa shape index (κ3) is 2.33. The summed E-state index contributed by atoms with van der Waals surface area (Å²) in [6.07, 6.45) is -4.21. The van der Waals surface area contributed by atoms with Crippen molar-refractivity contribution >= 4 is 0 Å². The molecule has 1 saturated heterocycles. The van der Waals surface area contributed by atoms with Crippen LogP contribution < -0.4 is 10.6 Å². The van der Waals surface area contributed by atoms with E-state index in [9.17, 15) is 13.2 Å². The number of hydrogen-bond acceptors (Lipinski definition) is 3. The van der Waals surface area contributed by atoms with Crippen molar-refractivity contribution in [2.75, 3.05) is 26.2 Å². The van der Waals surface area contributed by atoms with Crippen LogP contribution in [0.4, 0.5) is 13.2 Å². The van der Waals surface area contributed by atoms with Gasteiger partial charge in [-0.25, -0.2) is 0 Å². The molecule has 0 amide bonds. The lowest BCUT2D eigenvalue weighted by atomic mass is 9.94. The highest BCUT2D eigenvalue weighted by Gasteiger charge is 2.39. The molecule has 1 aliphatic heterocycles. The second kappa shape index (κ2) is 3.20. The Morgan fingerprint density at radius 1 is 1.42 bits per heavy atom. The van der Waals surface area contributed by atoms with Crippen molar-refractivity contribution in [1.29, 1.82) is 0 Å². The number of hydrogen-bond donors (Lipinski definition) is 3. The lowest BCUT2D eigenvalue weighted by molar-refractivity contribution is -0.131. The molecule has 0 aromatic carbocycles. The fourth-order valence-electron chi connectivity index (χ4n) is 1.01. The molecule has 0 unspecified atom stereocenters. The Morgan fingerprint density at radius 2 is 2.00 bits per heavy atom. The number of rotatable bonds is 3. The van der Waals surface area contributed by atoms with Crippen LogP contribution in [0.25, 0.3) is 0 Å². The zero-order chi connectivity index (χ0) is 9.24. The second-order valence-electron chi connectivity index (χ2n) is 3.01. The van der Waals surface area contributed by atoms with E-state index >= 15 is 0 Å². The van der Waals surface area contributed by atoms with Gasteiger partial charge in [0.2, 0.25) is 0 Å². The largest absolute Gasteiger partial charge is 0.401 e. The molecule has 72 valence electrons. The van der Waals surface area contributed by atoms with Crippen molar-refractivity contribution in [3.63, 3.8) is 0 Å². The zero-order valence-electron chi connectivity index (χ0n) is 6.41. The van der Waals surface area contributed by atoms with E-state index in [1.165, 1.54) is 0 Å². The van der Waals surface area contributed by atoms with Crippen LogP contribution in [0.15, 0.2) is 0 Å². The minimum atomic E-state index is -4.21. The Morgan fingerprint density at radius 3 is 2.25 bits per heavy atom. The summed E-state index contributed by atoms with van der Waals surface area (Å²) in [6.45, 7) is -0.537. The normalized spacial score (nSPS) is 22.0. The summed E-state index contributed by atoms with van der Waals surface area (Å²) in [5.41, 5.74) is -0.754. The molecule has 1 fully saturated rings. The number of aliphatic hydroxyl groups is 1. The van der Waals surface area contributed by atoms with Gasteiger partial charge in [-0.05, 0) is 0 Å². The maximum Gasteiger partial charge on any atom is 0.401 e. The van der Waals surface area contributed by atoms with Gasteiger partial charge >= 0.3 is 6.18 Å². The van der Waals surface area contributed by atoms with Crippen molar-refractivity contribution in [2.24, 2.45) is 0 Å². The van der Waals surface area contributed by atoms with Crippen LogP contribution >= 0.6 is 0 Å². The maximum absolute atomic E-state index is 11.7. The van der Waals surface area contributed by atoms with E-state index in [0.29, 0.717) is 13.1 Å². The van der Waals surface area contributed by atoms with Crippen LogP contribution in [0.1, 0.15) is 0 Å². The molecular formula is C6H11F3N2O. The van der Waals surface area contributed by atoms with E-state index in [1.807, 2.05) is 0 Å². The molecular weight excluding hydrogens is 173 g/mol. The van der Waals surface area contributed by atoms with Crippen molar-refractivity contribution in [3.05, 3.63) is 0 Å². The molecule has 1 aliphatic rings. The lowest BCUT2D eigenvalue weighted by Crippen LogP contribution is -2.70. The lowest BCUT2D eigenvalue weighted by Gasteiger charge is -2.42. The van der Waals surface area contributed by atoms with Crippen LogP contribution in [0.2, 0.25) is 0 Å². The fourth-order valence-corrected chi connectivity index (χ4v) is 1.01. The summed E-state index contributed by atoms with van der Waals surface area (Å²) in [6, 6.07) is 0. The molecule has 0 spiro atoms. The van der Waals surface area contributed by atoms with Gasteiger partial charge in [-0.15, -0.1) is 0 Å². The summed E-state index contributed by atoms with van der Waals surface area (Å²) in [5, 5.41) is 13.8. The van der Waals surface area contributed by atoms with Gasteiger partial charge in [0, 0.05) is 13.1 Å². The Labute approximate surface area is 67.9 Å². The predicted molar refractivity (Wildman–Crippen MR) is 36.7 cm³/mol. The molecule has 0 aromatic rings. The summed E-state index contributed by atoms with van der Waals surface area (Å²) >= 11 is 0. The maximum atomic E-state index is 11.7. The third-order valence-electron chi connectivity index (χ3n) is 1.89. The van der Waals surface area contributed by atoms with E-state index in [-0.39, 0.29) is 6.61 Å². The highest BCUT2D eigenvalue weighted by atomic mass is 19.4. The highest BCUT2D eigenvalue weighted by Crippen LogP contribution is 2.16. The molecule has 3 N–H and O–H groups in total. The Kier molecular flexibility index (Phi) is 2.60. The molecule has 0 aromatic heterocycles. The van der Waals surface area contributed by atoms with Gasteiger partial charge < -0.3 is 10.4 Å². The van der Waals surface area contributed by atoms with Crippen LogP contribution in [0, 0.1) is 0 Å². The first-order valence-corrected chi connectivity index (χ1v) is 3.61. The molecule has 6 heteroatoms. The smallest absolute Gasteiger partial charge is 0.394 e. The van der Waals surface area contributed by atoms with Crippen LogP contribution in [-0.2, 0) is 0 Å². The third-order valence-corrected chi connectivity index (χ3v) is 1.89. The summed E-state index contributed by atoms with van der Waals surface area (Å²) in [7, 11) is 0. The summed E-state index contributed by atoms with van der Waals surface area (Å²) in [4.78, 5) is 0. The van der Waals surface area contributed by atoms with Crippen molar-refractivity contribution in [1.82, 2.24) is 10.6 Å². The zero-order valence-corrected chi connectivity index (χ0v) is 6.41. The topological polar surface area (TPSA) is 44.3 Å². The highest BCUT2D eigenvalue weighted by molar-refractivity contribution is 5.00. The number of nitrogens with one attached hydrogen (secondary N) is 2. The van der Waals surface area contributed by atoms with E-state index in [4.69, 9.17) is 5.11 Å². The van der Waals surface area contributed by atoms with Gasteiger partial charge in [-0.1, -0.05) is 0 Å². The molecule has 1 heterocycles.